The number of aromatic carboxylic acids is 2. The van der Waals surface area contributed by atoms with Crippen LogP contribution in [0.15, 0.2) is 36.4 Å². The van der Waals surface area contributed by atoms with Gasteiger partial charge in [0.1, 0.15) is 22.6 Å². The number of hydrogen-bond donors (Lipinski definition) is 4. The van der Waals surface area contributed by atoms with E-state index in [1.165, 1.54) is 30.3 Å². The molecule has 0 saturated carbocycles. The van der Waals surface area contributed by atoms with Crippen molar-refractivity contribution >= 4 is 23.3 Å². The monoisotopic (exact) mass is 288 g/mol. The minimum absolute atomic E-state index is 0.0108. The lowest BCUT2D eigenvalue weighted by atomic mass is 10.1. The summed E-state index contributed by atoms with van der Waals surface area (Å²) in [6.45, 7) is 0. The second-order valence-corrected chi connectivity index (χ2v) is 4.15. The van der Waals surface area contributed by atoms with Crippen molar-refractivity contribution in [2.24, 2.45) is 0 Å². The molecule has 0 unspecified atom stereocenters. The third-order valence-electron chi connectivity index (χ3n) is 2.79. The van der Waals surface area contributed by atoms with Gasteiger partial charge in [-0.05, 0) is 24.3 Å². The van der Waals surface area contributed by atoms with Crippen molar-refractivity contribution < 1.29 is 24.5 Å². The first-order valence-electron chi connectivity index (χ1n) is 5.83. The van der Waals surface area contributed by atoms with E-state index >= 15 is 0 Å². The first kappa shape index (κ1) is 14.2. The lowest BCUT2D eigenvalue weighted by Gasteiger charge is -2.13. The molecular formula is C14H12N2O5. The molecule has 0 spiro atoms. The van der Waals surface area contributed by atoms with Crippen LogP contribution in [0.3, 0.4) is 0 Å². The number of para-hydroxylation sites is 1. The summed E-state index contributed by atoms with van der Waals surface area (Å²) < 4.78 is 5.40. The van der Waals surface area contributed by atoms with Crippen LogP contribution < -0.4 is 16.2 Å². The van der Waals surface area contributed by atoms with Crippen LogP contribution in [0.25, 0.3) is 0 Å². The standard InChI is InChI=1S/C14H12N2O5/c15-8-5-6-10(11(12(8)16)14(19)20)21-9-4-2-1-3-7(9)13(17)18/h1-6H,15-16H2,(H,17,18)(H,19,20). The molecule has 0 heterocycles. The van der Waals surface area contributed by atoms with E-state index in [0.717, 1.165) is 0 Å². The Kier molecular flexibility index (Phi) is 3.66. The van der Waals surface area contributed by atoms with E-state index in [0.29, 0.717) is 0 Å². The van der Waals surface area contributed by atoms with E-state index in [1.54, 1.807) is 6.07 Å². The molecule has 0 amide bonds. The van der Waals surface area contributed by atoms with Crippen molar-refractivity contribution in [2.75, 3.05) is 11.5 Å². The number of ether oxygens (including phenoxy) is 1. The van der Waals surface area contributed by atoms with Crippen LogP contribution in [0, 0.1) is 0 Å². The highest BCUT2D eigenvalue weighted by Crippen LogP contribution is 2.34. The van der Waals surface area contributed by atoms with Gasteiger partial charge in [0.15, 0.2) is 0 Å². The summed E-state index contributed by atoms with van der Waals surface area (Å²) in [5.41, 5.74) is 10.8. The first-order valence-corrected chi connectivity index (χ1v) is 5.83. The lowest BCUT2D eigenvalue weighted by Crippen LogP contribution is -2.08. The Morgan fingerprint density at radius 3 is 2.19 bits per heavy atom. The number of anilines is 2. The van der Waals surface area contributed by atoms with Crippen LogP contribution in [-0.4, -0.2) is 22.2 Å². The average molecular weight is 288 g/mol. The Balaban J connectivity index is 2.53. The van der Waals surface area contributed by atoms with E-state index < -0.39 is 11.9 Å². The minimum Gasteiger partial charge on any atom is -0.478 e. The van der Waals surface area contributed by atoms with E-state index in [4.69, 9.17) is 21.3 Å². The third kappa shape index (κ3) is 2.71. The predicted octanol–water partition coefficient (Wildman–Crippen LogP) is 2.04. The second kappa shape index (κ2) is 5.41. The maximum atomic E-state index is 11.3. The van der Waals surface area contributed by atoms with Gasteiger partial charge in [-0.25, -0.2) is 9.59 Å². The summed E-state index contributed by atoms with van der Waals surface area (Å²) in [7, 11) is 0. The van der Waals surface area contributed by atoms with E-state index in [1.807, 2.05) is 0 Å². The molecule has 0 bridgehead atoms. The zero-order valence-electron chi connectivity index (χ0n) is 10.7. The van der Waals surface area contributed by atoms with Gasteiger partial charge in [0, 0.05) is 0 Å². The van der Waals surface area contributed by atoms with Gasteiger partial charge >= 0.3 is 11.9 Å². The number of carbonyl (C=O) groups is 2. The summed E-state index contributed by atoms with van der Waals surface area (Å²) in [5.74, 6) is -2.58. The Labute approximate surface area is 119 Å². The third-order valence-corrected chi connectivity index (χ3v) is 2.79. The van der Waals surface area contributed by atoms with Crippen molar-refractivity contribution in [3.05, 3.63) is 47.5 Å². The van der Waals surface area contributed by atoms with Crippen LogP contribution in [0.2, 0.25) is 0 Å². The van der Waals surface area contributed by atoms with Crippen LogP contribution in [0.1, 0.15) is 20.7 Å². The fourth-order valence-corrected chi connectivity index (χ4v) is 1.77. The number of rotatable bonds is 4. The molecule has 21 heavy (non-hydrogen) atoms. The van der Waals surface area contributed by atoms with E-state index in [2.05, 4.69) is 0 Å². The van der Waals surface area contributed by atoms with Gasteiger partial charge < -0.3 is 26.4 Å². The Morgan fingerprint density at radius 1 is 0.905 bits per heavy atom. The van der Waals surface area contributed by atoms with Gasteiger partial charge in [-0.15, -0.1) is 0 Å². The van der Waals surface area contributed by atoms with Crippen LogP contribution in [0.5, 0.6) is 11.5 Å². The van der Waals surface area contributed by atoms with Crippen LogP contribution in [-0.2, 0) is 0 Å². The zero-order chi connectivity index (χ0) is 15.6. The summed E-state index contributed by atoms with van der Waals surface area (Å²) in [4.78, 5) is 22.4. The SMILES string of the molecule is Nc1ccc(Oc2ccccc2C(=O)O)c(C(=O)O)c1N. The fourth-order valence-electron chi connectivity index (χ4n) is 1.77. The van der Waals surface area contributed by atoms with Gasteiger partial charge in [-0.3, -0.25) is 0 Å². The van der Waals surface area contributed by atoms with Crippen molar-refractivity contribution in [1.29, 1.82) is 0 Å². The molecule has 2 aromatic rings. The fraction of sp³-hybridized carbons (Fsp3) is 0. The van der Waals surface area contributed by atoms with E-state index in [9.17, 15) is 14.7 Å². The average Bonchev–Trinajstić information content (AvgIpc) is 2.43. The normalized spacial score (nSPS) is 10.1. The maximum Gasteiger partial charge on any atom is 0.341 e. The molecule has 0 aliphatic rings. The summed E-state index contributed by atoms with van der Waals surface area (Å²) >= 11 is 0. The molecule has 0 radical (unpaired) electrons. The molecule has 0 atom stereocenters. The highest BCUT2D eigenvalue weighted by Gasteiger charge is 2.20. The molecule has 0 aromatic heterocycles. The van der Waals surface area contributed by atoms with Crippen LogP contribution >= 0.6 is 0 Å². The molecule has 2 aromatic carbocycles. The molecule has 0 aliphatic heterocycles. The van der Waals surface area contributed by atoms with Gasteiger partial charge in [0.25, 0.3) is 0 Å². The largest absolute Gasteiger partial charge is 0.478 e. The second-order valence-electron chi connectivity index (χ2n) is 4.15. The molecule has 0 aliphatic carbocycles. The van der Waals surface area contributed by atoms with Crippen molar-refractivity contribution in [2.45, 2.75) is 0 Å². The lowest BCUT2D eigenvalue weighted by molar-refractivity contribution is 0.0688. The zero-order valence-corrected chi connectivity index (χ0v) is 10.7. The minimum atomic E-state index is -1.32. The van der Waals surface area contributed by atoms with Crippen molar-refractivity contribution in [3.63, 3.8) is 0 Å². The number of hydrogen-bond acceptors (Lipinski definition) is 5. The number of carboxylic acid groups (broad SMARTS) is 2. The number of nitrogen functional groups attached to an aromatic ring is 2. The smallest absolute Gasteiger partial charge is 0.341 e. The van der Waals surface area contributed by atoms with Crippen LogP contribution in [0.4, 0.5) is 11.4 Å². The Bertz CT molecular complexity index is 727. The van der Waals surface area contributed by atoms with Crippen molar-refractivity contribution in [1.82, 2.24) is 0 Å². The Morgan fingerprint density at radius 2 is 1.57 bits per heavy atom. The van der Waals surface area contributed by atoms with E-state index in [-0.39, 0.29) is 34.0 Å². The van der Waals surface area contributed by atoms with Gasteiger partial charge in [-0.1, -0.05) is 12.1 Å². The van der Waals surface area contributed by atoms with Gasteiger partial charge in [0.2, 0.25) is 0 Å². The predicted molar refractivity (Wildman–Crippen MR) is 75.7 cm³/mol. The van der Waals surface area contributed by atoms with Gasteiger partial charge in [0.05, 0.1) is 11.4 Å². The molecule has 0 fully saturated rings. The number of benzene rings is 2. The molecule has 0 saturated heterocycles. The summed E-state index contributed by atoms with van der Waals surface area (Å²) in [6, 6.07) is 8.59. The first-order chi connectivity index (χ1) is 9.91. The van der Waals surface area contributed by atoms with Gasteiger partial charge in [-0.2, -0.15) is 0 Å². The maximum absolute atomic E-state index is 11.3. The highest BCUT2D eigenvalue weighted by molar-refractivity contribution is 6.00. The molecule has 2 rings (SSSR count). The molecular weight excluding hydrogens is 276 g/mol. The molecule has 7 heteroatoms. The Hall–Kier alpha value is -3.22. The quantitative estimate of drug-likeness (QED) is 0.632. The molecule has 7 nitrogen and oxygen atoms in total. The van der Waals surface area contributed by atoms with Crippen molar-refractivity contribution in [3.8, 4) is 11.5 Å². The molecule has 108 valence electrons. The summed E-state index contributed by atoms with van der Waals surface area (Å²) in [5, 5.41) is 18.3. The number of carboxylic acids is 2. The number of nitrogens with two attached hydrogens (primary N) is 2. The molecule has 6 N–H and O–H groups in total. The highest BCUT2D eigenvalue weighted by atomic mass is 16.5. The summed E-state index contributed by atoms with van der Waals surface area (Å²) in [6.07, 6.45) is 0. The topological polar surface area (TPSA) is 136 Å².